The number of primary amides is 1. The molecule has 2 amide bonds. The van der Waals surface area contributed by atoms with E-state index in [-0.39, 0.29) is 11.5 Å². The van der Waals surface area contributed by atoms with Crippen molar-refractivity contribution in [1.29, 1.82) is 0 Å². The van der Waals surface area contributed by atoms with Crippen molar-refractivity contribution in [2.75, 3.05) is 0 Å². The highest BCUT2D eigenvalue weighted by Gasteiger charge is 2.25. The molecular weight excluding hydrogens is 570 g/mol. The van der Waals surface area contributed by atoms with Crippen LogP contribution in [0.3, 0.4) is 0 Å². The first-order valence-corrected chi connectivity index (χ1v) is 14.2. The fourth-order valence-electron chi connectivity index (χ4n) is 5.39. The van der Waals surface area contributed by atoms with Crippen LogP contribution < -0.4 is 16.6 Å². The number of carbonyl (C=O) groups is 2. The number of nitrogens with one attached hydrogen (secondary N) is 1. The van der Waals surface area contributed by atoms with Gasteiger partial charge in [-0.3, -0.25) is 23.6 Å². The molecule has 1 unspecified atom stereocenters. The fraction of sp³-hybridized carbons (Fsp3) is 0.182. The summed E-state index contributed by atoms with van der Waals surface area (Å²) in [6, 6.07) is 15.4. The van der Waals surface area contributed by atoms with Crippen LogP contribution in [0.4, 0.5) is 0 Å². The van der Waals surface area contributed by atoms with E-state index in [1.165, 1.54) is 4.57 Å². The quantitative estimate of drug-likeness (QED) is 0.279. The second-order valence-electron chi connectivity index (χ2n) is 10.6. The summed E-state index contributed by atoms with van der Waals surface area (Å²) < 4.78 is 4.61. The molecule has 0 aliphatic heterocycles. The SMILES string of the molecule is Cc1nn2cccnc2c1C(=O)N[C@@H](C)c1nc2cccc(C#Cc3cnn(C)c3C(C)C(N)=O)c2c(=O)n1-c1ccccc1. The molecule has 6 aromatic rings. The van der Waals surface area contributed by atoms with Gasteiger partial charge < -0.3 is 11.1 Å². The minimum Gasteiger partial charge on any atom is -0.369 e. The van der Waals surface area contributed by atoms with Gasteiger partial charge in [0.15, 0.2) is 5.65 Å². The monoisotopic (exact) mass is 599 g/mol. The highest BCUT2D eigenvalue weighted by molar-refractivity contribution is 6.01. The highest BCUT2D eigenvalue weighted by Crippen LogP contribution is 2.22. The third-order valence-corrected chi connectivity index (χ3v) is 7.62. The fourth-order valence-corrected chi connectivity index (χ4v) is 5.39. The number of rotatable bonds is 6. The summed E-state index contributed by atoms with van der Waals surface area (Å²) in [6.45, 7) is 5.21. The number of aryl methyl sites for hydroxylation is 2. The zero-order valence-electron chi connectivity index (χ0n) is 25.0. The van der Waals surface area contributed by atoms with Gasteiger partial charge in [-0.1, -0.05) is 36.1 Å². The first kappa shape index (κ1) is 29.0. The molecule has 0 fully saturated rings. The highest BCUT2D eigenvalue weighted by atomic mass is 16.2. The van der Waals surface area contributed by atoms with Gasteiger partial charge in [0.05, 0.1) is 51.7 Å². The topological polar surface area (TPSA) is 155 Å². The molecule has 4 heterocycles. The summed E-state index contributed by atoms with van der Waals surface area (Å²) in [5.74, 6) is 5.02. The van der Waals surface area contributed by atoms with E-state index < -0.39 is 17.9 Å². The average Bonchev–Trinajstić information content (AvgIpc) is 3.57. The molecule has 224 valence electrons. The van der Waals surface area contributed by atoms with Crippen molar-refractivity contribution in [3.8, 4) is 17.5 Å². The number of benzene rings is 2. The maximum atomic E-state index is 14.3. The summed E-state index contributed by atoms with van der Waals surface area (Å²) in [7, 11) is 1.72. The van der Waals surface area contributed by atoms with Crippen LogP contribution in [-0.2, 0) is 11.8 Å². The van der Waals surface area contributed by atoms with E-state index in [0.29, 0.717) is 56.1 Å². The lowest BCUT2D eigenvalue weighted by atomic mass is 10.0. The zero-order chi connectivity index (χ0) is 31.8. The van der Waals surface area contributed by atoms with Gasteiger partial charge in [0, 0.05) is 25.0 Å². The van der Waals surface area contributed by atoms with Crippen molar-refractivity contribution >= 4 is 28.4 Å². The Kier molecular flexibility index (Phi) is 7.44. The Morgan fingerprint density at radius 2 is 1.76 bits per heavy atom. The molecule has 12 nitrogen and oxygen atoms in total. The number of nitrogens with two attached hydrogens (primary N) is 1. The van der Waals surface area contributed by atoms with Crippen LogP contribution in [0.1, 0.15) is 64.5 Å². The normalized spacial score (nSPS) is 12.4. The lowest BCUT2D eigenvalue weighted by Crippen LogP contribution is -2.33. The van der Waals surface area contributed by atoms with Crippen LogP contribution in [0.5, 0.6) is 0 Å². The van der Waals surface area contributed by atoms with E-state index in [2.05, 4.69) is 32.3 Å². The predicted molar refractivity (Wildman–Crippen MR) is 168 cm³/mol. The third-order valence-electron chi connectivity index (χ3n) is 7.62. The summed E-state index contributed by atoms with van der Waals surface area (Å²) in [5.41, 5.74) is 9.06. The van der Waals surface area contributed by atoms with Crippen molar-refractivity contribution in [2.45, 2.75) is 32.7 Å². The molecule has 0 aliphatic carbocycles. The number of para-hydroxylation sites is 1. The van der Waals surface area contributed by atoms with Gasteiger partial charge >= 0.3 is 0 Å². The summed E-state index contributed by atoms with van der Waals surface area (Å²) >= 11 is 0. The molecule has 2 atom stereocenters. The van der Waals surface area contributed by atoms with E-state index in [0.717, 1.165) is 0 Å². The third kappa shape index (κ3) is 5.21. The van der Waals surface area contributed by atoms with Gasteiger partial charge in [0.25, 0.3) is 11.5 Å². The standard InChI is InChI=1S/C33H29N9O3/c1-19(29(34)43)28-23(18-36-40(28)4)15-14-22-10-8-13-25-27(22)33(45)42(24-11-6-5-7-12-24)30(38-25)21(3)37-32(44)26-20(2)39-41-17-9-16-35-31(26)41/h5-13,16-19,21H,1-4H3,(H2,34,43)(H,37,44)/t19?,21-/m0/s1. The van der Waals surface area contributed by atoms with Gasteiger partial charge in [-0.05, 0) is 51.1 Å². The molecule has 6 rings (SSSR count). The Balaban J connectivity index is 1.47. The van der Waals surface area contributed by atoms with Crippen molar-refractivity contribution in [3.05, 3.63) is 117 Å². The maximum absolute atomic E-state index is 14.3. The number of nitrogens with zero attached hydrogens (tertiary/aromatic N) is 7. The van der Waals surface area contributed by atoms with E-state index >= 15 is 0 Å². The lowest BCUT2D eigenvalue weighted by Gasteiger charge is -2.20. The van der Waals surface area contributed by atoms with E-state index in [1.54, 1.807) is 92.0 Å². The Bertz CT molecular complexity index is 2240. The van der Waals surface area contributed by atoms with Gasteiger partial charge in [-0.15, -0.1) is 0 Å². The first-order chi connectivity index (χ1) is 21.7. The van der Waals surface area contributed by atoms with Crippen LogP contribution >= 0.6 is 0 Å². The summed E-state index contributed by atoms with van der Waals surface area (Å²) in [4.78, 5) is 49.0. The molecule has 12 heteroatoms. The van der Waals surface area contributed by atoms with E-state index in [9.17, 15) is 14.4 Å². The number of hydrogen-bond donors (Lipinski definition) is 2. The molecular formula is C33H29N9O3. The van der Waals surface area contributed by atoms with Crippen LogP contribution in [0, 0.1) is 18.8 Å². The Hall–Kier alpha value is -6.09. The summed E-state index contributed by atoms with van der Waals surface area (Å²) in [6.07, 6.45) is 4.89. The van der Waals surface area contributed by atoms with Crippen LogP contribution in [0.2, 0.25) is 0 Å². The summed E-state index contributed by atoms with van der Waals surface area (Å²) in [5, 5.41) is 11.9. The molecule has 0 saturated heterocycles. The minimum atomic E-state index is -0.684. The van der Waals surface area contributed by atoms with E-state index in [1.807, 2.05) is 18.2 Å². The van der Waals surface area contributed by atoms with Crippen LogP contribution in [0.25, 0.3) is 22.2 Å². The van der Waals surface area contributed by atoms with Gasteiger partial charge in [0.2, 0.25) is 5.91 Å². The number of amides is 2. The Morgan fingerprint density at radius 3 is 2.51 bits per heavy atom. The molecule has 3 N–H and O–H groups in total. The van der Waals surface area contributed by atoms with Crippen LogP contribution in [0.15, 0.2) is 78.0 Å². The zero-order valence-corrected chi connectivity index (χ0v) is 25.0. The lowest BCUT2D eigenvalue weighted by molar-refractivity contribution is -0.119. The van der Waals surface area contributed by atoms with Gasteiger partial charge in [-0.2, -0.15) is 10.2 Å². The molecule has 0 radical (unpaired) electrons. The predicted octanol–water partition coefficient (Wildman–Crippen LogP) is 2.95. The molecule has 45 heavy (non-hydrogen) atoms. The van der Waals surface area contributed by atoms with Crippen molar-refractivity contribution in [3.63, 3.8) is 0 Å². The van der Waals surface area contributed by atoms with Crippen molar-refractivity contribution < 1.29 is 9.59 Å². The van der Waals surface area contributed by atoms with Crippen LogP contribution in [-0.4, -0.2) is 45.7 Å². The minimum absolute atomic E-state index is 0.312. The smallest absolute Gasteiger partial charge is 0.267 e. The molecule has 4 aromatic heterocycles. The molecule has 2 aromatic carbocycles. The maximum Gasteiger partial charge on any atom is 0.267 e. The van der Waals surface area contributed by atoms with Crippen molar-refractivity contribution in [2.24, 2.45) is 12.8 Å². The molecule has 0 spiro atoms. The Morgan fingerprint density at radius 1 is 1.00 bits per heavy atom. The largest absolute Gasteiger partial charge is 0.369 e. The van der Waals surface area contributed by atoms with Gasteiger partial charge in [-0.25, -0.2) is 14.5 Å². The average molecular weight is 600 g/mol. The van der Waals surface area contributed by atoms with Crippen molar-refractivity contribution in [1.82, 2.24) is 39.2 Å². The second-order valence-corrected chi connectivity index (χ2v) is 10.6. The van der Waals surface area contributed by atoms with Gasteiger partial charge in [0.1, 0.15) is 11.4 Å². The molecule has 0 saturated carbocycles. The molecule has 0 bridgehead atoms. The first-order valence-electron chi connectivity index (χ1n) is 14.2. The number of carbonyl (C=O) groups excluding carboxylic acids is 2. The number of aromatic nitrogens is 7. The number of hydrogen-bond acceptors (Lipinski definition) is 7. The second kappa shape index (κ2) is 11.5. The van der Waals surface area contributed by atoms with E-state index in [4.69, 9.17) is 10.7 Å². The molecule has 0 aliphatic rings. The number of fused-ring (bicyclic) bond motifs is 2. The Labute approximate surface area is 257 Å².